The molecule has 0 aliphatic carbocycles. The van der Waals surface area contributed by atoms with Crippen LogP contribution in [0.25, 0.3) is 0 Å². The van der Waals surface area contributed by atoms with Crippen molar-refractivity contribution in [1.29, 1.82) is 0 Å². The molecule has 1 atom stereocenters. The Balaban J connectivity index is 2.03. The Bertz CT molecular complexity index is 557. The zero-order valence-corrected chi connectivity index (χ0v) is 15.4. The van der Waals surface area contributed by atoms with E-state index in [1.165, 1.54) is 0 Å². The molecule has 0 spiro atoms. The molecule has 1 aromatic rings. The van der Waals surface area contributed by atoms with Crippen LogP contribution in [-0.2, 0) is 0 Å². The zero-order valence-electron chi connectivity index (χ0n) is 14.7. The Morgan fingerprint density at radius 1 is 1.46 bits per heavy atom. The van der Waals surface area contributed by atoms with Crippen LogP contribution in [0.15, 0.2) is 12.1 Å². The molecule has 0 bridgehead atoms. The maximum Gasteiger partial charge on any atom is 0.251 e. The van der Waals surface area contributed by atoms with Crippen molar-refractivity contribution in [3.8, 4) is 11.5 Å². The first-order chi connectivity index (χ1) is 11.5. The third-order valence-corrected chi connectivity index (χ3v) is 4.28. The molecule has 2 rings (SSSR count). The van der Waals surface area contributed by atoms with Crippen molar-refractivity contribution in [1.82, 2.24) is 10.6 Å². The number of piperidine rings is 1. The first-order valence-corrected chi connectivity index (χ1v) is 8.88. The van der Waals surface area contributed by atoms with Gasteiger partial charge in [-0.25, -0.2) is 0 Å². The minimum atomic E-state index is -0.142. The van der Waals surface area contributed by atoms with E-state index in [0.29, 0.717) is 47.1 Å². The third kappa shape index (κ3) is 5.28. The molecule has 1 fully saturated rings. The lowest BCUT2D eigenvalue weighted by molar-refractivity contribution is 0.0944. The summed E-state index contributed by atoms with van der Waals surface area (Å²) < 4.78 is 11.1. The average molecular weight is 355 g/mol. The van der Waals surface area contributed by atoms with Gasteiger partial charge in [0.15, 0.2) is 11.5 Å². The van der Waals surface area contributed by atoms with Crippen LogP contribution in [0.1, 0.15) is 37.0 Å². The predicted octanol–water partition coefficient (Wildman–Crippen LogP) is 3.11. The number of nitrogens with one attached hydrogen (secondary N) is 2. The molecule has 6 heteroatoms. The van der Waals surface area contributed by atoms with Gasteiger partial charge in [-0.1, -0.05) is 25.4 Å². The lowest BCUT2D eigenvalue weighted by atomic mass is 9.99. The number of halogens is 1. The summed E-state index contributed by atoms with van der Waals surface area (Å²) in [6.07, 6.45) is 2.29. The van der Waals surface area contributed by atoms with Crippen molar-refractivity contribution < 1.29 is 14.3 Å². The molecule has 1 aliphatic heterocycles. The summed E-state index contributed by atoms with van der Waals surface area (Å²) in [6, 6.07) is 3.31. The number of benzene rings is 1. The molecule has 1 amide bonds. The fourth-order valence-electron chi connectivity index (χ4n) is 2.68. The van der Waals surface area contributed by atoms with Crippen LogP contribution in [0, 0.1) is 11.8 Å². The van der Waals surface area contributed by atoms with Crippen LogP contribution in [0.4, 0.5) is 0 Å². The highest BCUT2D eigenvalue weighted by molar-refractivity contribution is 6.32. The van der Waals surface area contributed by atoms with Gasteiger partial charge in [-0.3, -0.25) is 4.79 Å². The van der Waals surface area contributed by atoms with Gasteiger partial charge in [0.25, 0.3) is 5.91 Å². The molecular weight excluding hydrogens is 328 g/mol. The Hall–Kier alpha value is -1.46. The van der Waals surface area contributed by atoms with E-state index in [1.807, 2.05) is 0 Å². The minimum absolute atomic E-state index is 0.142. The molecule has 5 nitrogen and oxygen atoms in total. The summed E-state index contributed by atoms with van der Waals surface area (Å²) in [7, 11) is 1.54. The number of hydrogen-bond donors (Lipinski definition) is 2. The van der Waals surface area contributed by atoms with Gasteiger partial charge in [-0.2, -0.15) is 0 Å². The van der Waals surface area contributed by atoms with Gasteiger partial charge in [-0.15, -0.1) is 0 Å². The molecule has 2 N–H and O–H groups in total. The maximum absolute atomic E-state index is 12.4. The molecule has 1 unspecified atom stereocenters. The fraction of sp³-hybridized carbons (Fsp3) is 0.611. The van der Waals surface area contributed by atoms with E-state index in [2.05, 4.69) is 24.5 Å². The number of carbonyl (C=O) groups is 1. The molecule has 0 aromatic heterocycles. The van der Waals surface area contributed by atoms with E-state index < -0.39 is 0 Å². The Morgan fingerprint density at radius 2 is 2.25 bits per heavy atom. The van der Waals surface area contributed by atoms with Crippen molar-refractivity contribution in [2.45, 2.75) is 26.7 Å². The van der Waals surface area contributed by atoms with Gasteiger partial charge in [-0.05, 0) is 49.9 Å². The topological polar surface area (TPSA) is 59.6 Å². The predicted molar refractivity (Wildman–Crippen MR) is 96.3 cm³/mol. The SMILES string of the molecule is COc1cc(C(=O)NCC2CCCNC2)cc(Cl)c1OCC(C)C. The smallest absolute Gasteiger partial charge is 0.251 e. The largest absolute Gasteiger partial charge is 0.493 e. The quantitative estimate of drug-likeness (QED) is 0.789. The van der Waals surface area contributed by atoms with Crippen molar-refractivity contribution in [2.24, 2.45) is 11.8 Å². The van der Waals surface area contributed by atoms with Crippen LogP contribution in [-0.4, -0.2) is 39.3 Å². The van der Waals surface area contributed by atoms with Gasteiger partial charge < -0.3 is 20.1 Å². The van der Waals surface area contributed by atoms with Gasteiger partial charge in [0, 0.05) is 12.1 Å². The normalized spacial score (nSPS) is 17.6. The average Bonchev–Trinajstić information content (AvgIpc) is 2.58. The maximum atomic E-state index is 12.4. The molecule has 1 aliphatic rings. The summed E-state index contributed by atoms with van der Waals surface area (Å²) in [5.74, 6) is 1.68. The number of hydrogen-bond acceptors (Lipinski definition) is 4. The van der Waals surface area contributed by atoms with E-state index in [9.17, 15) is 4.79 Å². The lowest BCUT2D eigenvalue weighted by Crippen LogP contribution is -2.38. The minimum Gasteiger partial charge on any atom is -0.493 e. The molecule has 1 aromatic carbocycles. The van der Waals surface area contributed by atoms with E-state index in [-0.39, 0.29) is 5.91 Å². The van der Waals surface area contributed by atoms with Crippen LogP contribution in [0.3, 0.4) is 0 Å². The summed E-state index contributed by atoms with van der Waals surface area (Å²) in [5.41, 5.74) is 0.484. The number of carbonyl (C=O) groups excluding carboxylic acids is 1. The van der Waals surface area contributed by atoms with Crippen molar-refractivity contribution in [3.63, 3.8) is 0 Å². The van der Waals surface area contributed by atoms with Crippen LogP contribution in [0.2, 0.25) is 5.02 Å². The highest BCUT2D eigenvalue weighted by Gasteiger charge is 2.18. The van der Waals surface area contributed by atoms with Gasteiger partial charge in [0.05, 0.1) is 18.7 Å². The molecule has 1 heterocycles. The van der Waals surface area contributed by atoms with E-state index in [1.54, 1.807) is 19.2 Å². The van der Waals surface area contributed by atoms with Crippen molar-refractivity contribution >= 4 is 17.5 Å². The lowest BCUT2D eigenvalue weighted by Gasteiger charge is -2.23. The van der Waals surface area contributed by atoms with Gasteiger partial charge >= 0.3 is 0 Å². The third-order valence-electron chi connectivity index (χ3n) is 4.00. The Morgan fingerprint density at radius 3 is 2.88 bits per heavy atom. The van der Waals surface area contributed by atoms with Crippen LogP contribution < -0.4 is 20.1 Å². The summed E-state index contributed by atoms with van der Waals surface area (Å²) in [5, 5.41) is 6.72. The summed E-state index contributed by atoms with van der Waals surface area (Å²) in [6.45, 7) is 7.33. The highest BCUT2D eigenvalue weighted by atomic mass is 35.5. The number of rotatable bonds is 7. The van der Waals surface area contributed by atoms with E-state index in [0.717, 1.165) is 25.9 Å². The van der Waals surface area contributed by atoms with E-state index >= 15 is 0 Å². The van der Waals surface area contributed by atoms with Gasteiger partial charge in [0.1, 0.15) is 0 Å². The second-order valence-electron chi connectivity index (χ2n) is 6.62. The van der Waals surface area contributed by atoms with Crippen molar-refractivity contribution in [3.05, 3.63) is 22.7 Å². The summed E-state index contributed by atoms with van der Waals surface area (Å²) in [4.78, 5) is 12.4. The van der Waals surface area contributed by atoms with E-state index in [4.69, 9.17) is 21.1 Å². The molecule has 24 heavy (non-hydrogen) atoms. The Labute approximate surface area is 149 Å². The summed E-state index contributed by atoms with van der Waals surface area (Å²) >= 11 is 6.29. The van der Waals surface area contributed by atoms with Crippen LogP contribution >= 0.6 is 11.6 Å². The first-order valence-electron chi connectivity index (χ1n) is 8.50. The fourth-order valence-corrected chi connectivity index (χ4v) is 2.94. The molecule has 0 radical (unpaired) electrons. The molecule has 1 saturated heterocycles. The second-order valence-corrected chi connectivity index (χ2v) is 7.02. The molecule has 134 valence electrons. The number of methoxy groups -OCH3 is 1. The standard InChI is InChI=1S/C18H27ClN2O3/c1-12(2)11-24-17-15(19)7-14(8-16(17)23-3)18(22)21-10-13-5-4-6-20-9-13/h7-8,12-13,20H,4-6,9-11H2,1-3H3,(H,21,22). The first kappa shape index (κ1) is 18.9. The molecule has 0 saturated carbocycles. The number of ether oxygens (including phenoxy) is 2. The Kier molecular flexibility index (Phi) is 7.18. The number of amides is 1. The monoisotopic (exact) mass is 354 g/mol. The van der Waals surface area contributed by atoms with Crippen LogP contribution in [0.5, 0.6) is 11.5 Å². The zero-order chi connectivity index (χ0) is 17.5. The van der Waals surface area contributed by atoms with Gasteiger partial charge in [0.2, 0.25) is 0 Å². The molecular formula is C18H27ClN2O3. The second kappa shape index (κ2) is 9.14. The highest BCUT2D eigenvalue weighted by Crippen LogP contribution is 2.36. The van der Waals surface area contributed by atoms with Crippen molar-refractivity contribution in [2.75, 3.05) is 33.4 Å².